The molecule has 0 aliphatic rings. The molecule has 3 aromatic rings. The van der Waals surface area contributed by atoms with E-state index < -0.39 is 0 Å². The third kappa shape index (κ3) is 4.40. The van der Waals surface area contributed by atoms with Gasteiger partial charge in [0.25, 0.3) is 11.6 Å². The lowest BCUT2D eigenvalue weighted by Crippen LogP contribution is -2.23. The normalized spacial score (nSPS) is 11.1. The number of methoxy groups -OCH3 is 1. The monoisotopic (exact) mass is 370 g/mol. The molecule has 0 aromatic carbocycles. The molecule has 0 saturated heterocycles. The van der Waals surface area contributed by atoms with Gasteiger partial charge >= 0.3 is 0 Å². The van der Waals surface area contributed by atoms with E-state index in [2.05, 4.69) is 20.4 Å². The summed E-state index contributed by atoms with van der Waals surface area (Å²) in [4.78, 5) is 20.9. The Balaban J connectivity index is 1.71. The Bertz CT molecular complexity index is 923. The molecule has 3 aromatic heterocycles. The molecular formula is C19H22N4O4. The van der Waals surface area contributed by atoms with Gasteiger partial charge in [0, 0.05) is 31.6 Å². The van der Waals surface area contributed by atoms with Gasteiger partial charge in [-0.2, -0.15) is 0 Å². The summed E-state index contributed by atoms with van der Waals surface area (Å²) in [6.45, 7) is 5.16. The van der Waals surface area contributed by atoms with Crippen molar-refractivity contribution in [3.8, 4) is 5.88 Å². The molecule has 0 unspecified atom stereocenters. The first kappa shape index (κ1) is 18.8. The molecule has 3 heterocycles. The average Bonchev–Trinajstić information content (AvgIpc) is 3.10. The fraction of sp³-hybridized carbons (Fsp3) is 0.368. The minimum Gasteiger partial charge on any atom is -0.475 e. The van der Waals surface area contributed by atoms with Gasteiger partial charge in [0.05, 0.1) is 23.3 Å². The molecule has 0 aliphatic heterocycles. The molecule has 8 heteroatoms. The van der Waals surface area contributed by atoms with Gasteiger partial charge in [0.15, 0.2) is 0 Å². The lowest BCUT2D eigenvalue weighted by Gasteiger charge is -2.11. The lowest BCUT2D eigenvalue weighted by atomic mass is 10.1. The van der Waals surface area contributed by atoms with Crippen LogP contribution >= 0.6 is 0 Å². The molecule has 1 amide bonds. The number of nitrogens with one attached hydrogen (secondary N) is 1. The second-order valence-electron chi connectivity index (χ2n) is 6.29. The van der Waals surface area contributed by atoms with E-state index in [4.69, 9.17) is 14.0 Å². The zero-order valence-corrected chi connectivity index (χ0v) is 15.6. The van der Waals surface area contributed by atoms with Crippen LogP contribution in [0.25, 0.3) is 11.1 Å². The Hall–Kier alpha value is -3.00. The van der Waals surface area contributed by atoms with E-state index >= 15 is 0 Å². The standard InChI is InChI=1S/C19H22N4O4/c1-12(2)16-15-9-14(11-22-19(15)27-23-16)17(24)21-10-13-5-4-6-20-18(13)26-8-7-25-3/h4-6,9,11-12H,7-8,10H2,1-3H3,(H,21,24). The highest BCUT2D eigenvalue weighted by Crippen LogP contribution is 2.24. The van der Waals surface area contributed by atoms with Crippen molar-refractivity contribution in [1.29, 1.82) is 0 Å². The quantitative estimate of drug-likeness (QED) is 0.609. The van der Waals surface area contributed by atoms with E-state index in [0.717, 1.165) is 16.6 Å². The zero-order valence-electron chi connectivity index (χ0n) is 15.6. The first-order chi connectivity index (χ1) is 13.1. The van der Waals surface area contributed by atoms with E-state index in [-0.39, 0.29) is 18.4 Å². The second kappa shape index (κ2) is 8.59. The average molecular weight is 370 g/mol. The molecule has 142 valence electrons. The number of rotatable bonds is 8. The number of carbonyl (C=O) groups excluding carboxylic acids is 1. The number of pyridine rings is 2. The number of carbonyl (C=O) groups is 1. The van der Waals surface area contributed by atoms with E-state index in [0.29, 0.717) is 30.4 Å². The zero-order chi connectivity index (χ0) is 19.2. The highest BCUT2D eigenvalue weighted by atomic mass is 16.5. The van der Waals surface area contributed by atoms with Crippen molar-refractivity contribution >= 4 is 17.0 Å². The fourth-order valence-corrected chi connectivity index (χ4v) is 2.58. The summed E-state index contributed by atoms with van der Waals surface area (Å²) in [5, 5.41) is 7.65. The van der Waals surface area contributed by atoms with Crippen molar-refractivity contribution in [2.45, 2.75) is 26.3 Å². The number of aromatic nitrogens is 3. The van der Waals surface area contributed by atoms with E-state index in [1.54, 1.807) is 25.4 Å². The molecule has 8 nitrogen and oxygen atoms in total. The maximum atomic E-state index is 12.6. The molecule has 0 fully saturated rings. The SMILES string of the molecule is COCCOc1ncccc1CNC(=O)c1cnc2onc(C(C)C)c2c1. The van der Waals surface area contributed by atoms with Crippen LogP contribution in [-0.2, 0) is 11.3 Å². The Morgan fingerprint density at radius 1 is 1.30 bits per heavy atom. The molecule has 0 aliphatic carbocycles. The number of hydrogen-bond acceptors (Lipinski definition) is 7. The van der Waals surface area contributed by atoms with Gasteiger partial charge in [-0.15, -0.1) is 0 Å². The van der Waals surface area contributed by atoms with Crippen LogP contribution in [0.15, 0.2) is 35.1 Å². The summed E-state index contributed by atoms with van der Waals surface area (Å²) in [6, 6.07) is 5.40. The van der Waals surface area contributed by atoms with E-state index in [1.807, 2.05) is 19.9 Å². The number of amides is 1. The molecule has 0 atom stereocenters. The Kier molecular flexibility index (Phi) is 5.97. The van der Waals surface area contributed by atoms with Gasteiger partial charge < -0.3 is 19.3 Å². The van der Waals surface area contributed by atoms with Crippen molar-refractivity contribution in [3.05, 3.63) is 47.4 Å². The molecule has 0 spiro atoms. The van der Waals surface area contributed by atoms with Gasteiger partial charge in [-0.05, 0) is 18.1 Å². The summed E-state index contributed by atoms with van der Waals surface area (Å²) in [7, 11) is 1.61. The first-order valence-corrected chi connectivity index (χ1v) is 8.69. The molecule has 0 radical (unpaired) electrons. The van der Waals surface area contributed by atoms with Crippen LogP contribution in [0.1, 0.15) is 41.4 Å². The summed E-state index contributed by atoms with van der Waals surface area (Å²) < 4.78 is 15.8. The number of nitrogens with zero attached hydrogens (tertiary/aromatic N) is 3. The highest BCUT2D eigenvalue weighted by Gasteiger charge is 2.16. The van der Waals surface area contributed by atoms with Gasteiger partial charge in [0.1, 0.15) is 6.61 Å². The summed E-state index contributed by atoms with van der Waals surface area (Å²) in [5.74, 6) is 0.408. The van der Waals surface area contributed by atoms with Crippen molar-refractivity contribution in [2.24, 2.45) is 0 Å². The Labute approximate surface area is 156 Å². The second-order valence-corrected chi connectivity index (χ2v) is 6.29. The van der Waals surface area contributed by atoms with Gasteiger partial charge in [-0.1, -0.05) is 25.1 Å². The minimum absolute atomic E-state index is 0.175. The predicted molar refractivity (Wildman–Crippen MR) is 98.7 cm³/mol. The van der Waals surface area contributed by atoms with E-state index in [1.165, 1.54) is 6.20 Å². The van der Waals surface area contributed by atoms with Crippen molar-refractivity contribution in [2.75, 3.05) is 20.3 Å². The molecule has 0 bridgehead atoms. The van der Waals surface area contributed by atoms with Gasteiger partial charge in [-0.3, -0.25) is 4.79 Å². The predicted octanol–water partition coefficient (Wildman–Crippen LogP) is 2.70. The molecule has 0 saturated carbocycles. The minimum atomic E-state index is -0.244. The molecule has 27 heavy (non-hydrogen) atoms. The molecular weight excluding hydrogens is 348 g/mol. The summed E-state index contributed by atoms with van der Waals surface area (Å²) in [6.07, 6.45) is 3.12. The molecule has 3 rings (SSSR count). The summed E-state index contributed by atoms with van der Waals surface area (Å²) in [5.41, 5.74) is 2.44. The van der Waals surface area contributed by atoms with Crippen molar-refractivity contribution in [3.63, 3.8) is 0 Å². The topological polar surface area (TPSA) is 99.4 Å². The van der Waals surface area contributed by atoms with Crippen LogP contribution < -0.4 is 10.1 Å². The Morgan fingerprint density at radius 3 is 2.93 bits per heavy atom. The first-order valence-electron chi connectivity index (χ1n) is 8.69. The number of fused-ring (bicyclic) bond motifs is 1. The number of hydrogen-bond donors (Lipinski definition) is 1. The summed E-state index contributed by atoms with van der Waals surface area (Å²) >= 11 is 0. The van der Waals surface area contributed by atoms with E-state index in [9.17, 15) is 4.79 Å². The van der Waals surface area contributed by atoms with Gasteiger partial charge in [0.2, 0.25) is 5.88 Å². The third-order valence-corrected chi connectivity index (χ3v) is 3.98. The molecule has 1 N–H and O–H groups in total. The largest absolute Gasteiger partial charge is 0.475 e. The van der Waals surface area contributed by atoms with Crippen LogP contribution in [0, 0.1) is 0 Å². The lowest BCUT2D eigenvalue weighted by molar-refractivity contribution is 0.0950. The van der Waals surface area contributed by atoms with Crippen LogP contribution in [0.4, 0.5) is 0 Å². The maximum Gasteiger partial charge on any atom is 0.257 e. The highest BCUT2D eigenvalue weighted by molar-refractivity contribution is 5.97. The van der Waals surface area contributed by atoms with Crippen molar-refractivity contribution < 1.29 is 18.8 Å². The van der Waals surface area contributed by atoms with Crippen LogP contribution in [-0.4, -0.2) is 41.4 Å². The fourth-order valence-electron chi connectivity index (χ4n) is 2.58. The van der Waals surface area contributed by atoms with Crippen molar-refractivity contribution in [1.82, 2.24) is 20.4 Å². The van der Waals surface area contributed by atoms with Crippen LogP contribution in [0.2, 0.25) is 0 Å². The third-order valence-electron chi connectivity index (χ3n) is 3.98. The van der Waals surface area contributed by atoms with Crippen LogP contribution in [0.3, 0.4) is 0 Å². The maximum absolute atomic E-state index is 12.6. The number of ether oxygens (including phenoxy) is 2. The van der Waals surface area contributed by atoms with Gasteiger partial charge in [-0.25, -0.2) is 9.97 Å². The smallest absolute Gasteiger partial charge is 0.257 e. The Morgan fingerprint density at radius 2 is 2.15 bits per heavy atom. The van der Waals surface area contributed by atoms with Crippen LogP contribution in [0.5, 0.6) is 5.88 Å².